The molecule has 4 aromatic rings. The monoisotopic (exact) mass is 397 g/mol. The van der Waals surface area contributed by atoms with E-state index in [4.69, 9.17) is 9.47 Å². The fourth-order valence-electron chi connectivity index (χ4n) is 4.94. The summed E-state index contributed by atoms with van der Waals surface area (Å²) in [6.45, 7) is 1.04. The largest absolute Gasteiger partial charge is 0.493 e. The molecular weight excluding hydrogens is 370 g/mol. The van der Waals surface area contributed by atoms with Crippen molar-refractivity contribution >= 4 is 21.5 Å². The molecule has 1 atom stereocenters. The van der Waals surface area contributed by atoms with Gasteiger partial charge in [-0.25, -0.2) is 0 Å². The van der Waals surface area contributed by atoms with Gasteiger partial charge >= 0.3 is 0 Å². The predicted molar refractivity (Wildman–Crippen MR) is 124 cm³/mol. The van der Waals surface area contributed by atoms with Crippen LogP contribution in [0.1, 0.15) is 22.7 Å². The summed E-state index contributed by atoms with van der Waals surface area (Å²) in [6, 6.07) is 24.4. The van der Waals surface area contributed by atoms with Gasteiger partial charge < -0.3 is 9.47 Å². The summed E-state index contributed by atoms with van der Waals surface area (Å²) in [6.07, 6.45) is 1.99. The first-order chi connectivity index (χ1) is 14.7. The summed E-state index contributed by atoms with van der Waals surface area (Å²) in [5, 5.41) is 5.30. The Morgan fingerprint density at radius 1 is 0.833 bits per heavy atom. The third kappa shape index (κ3) is 3.10. The van der Waals surface area contributed by atoms with Gasteiger partial charge in [0.25, 0.3) is 0 Å². The minimum atomic E-state index is 0.294. The summed E-state index contributed by atoms with van der Waals surface area (Å²) in [4.78, 5) is 2.48. The molecular formula is C27H27NO2. The fraction of sp³-hybridized carbons (Fsp3) is 0.259. The van der Waals surface area contributed by atoms with Crippen LogP contribution in [0.15, 0.2) is 66.7 Å². The van der Waals surface area contributed by atoms with Gasteiger partial charge in [0.05, 0.1) is 14.2 Å². The maximum Gasteiger partial charge on any atom is 0.161 e. The van der Waals surface area contributed by atoms with Crippen LogP contribution in [-0.4, -0.2) is 32.7 Å². The highest BCUT2D eigenvalue weighted by Crippen LogP contribution is 2.40. The number of rotatable bonds is 4. The molecule has 0 spiro atoms. The molecule has 30 heavy (non-hydrogen) atoms. The van der Waals surface area contributed by atoms with E-state index in [-0.39, 0.29) is 0 Å². The van der Waals surface area contributed by atoms with Crippen LogP contribution in [0, 0.1) is 0 Å². The zero-order valence-electron chi connectivity index (χ0n) is 17.8. The molecule has 1 aliphatic rings. The molecule has 1 aliphatic heterocycles. The van der Waals surface area contributed by atoms with E-state index in [1.54, 1.807) is 14.2 Å². The molecule has 5 rings (SSSR count). The van der Waals surface area contributed by atoms with Crippen molar-refractivity contribution in [1.82, 2.24) is 4.90 Å². The van der Waals surface area contributed by atoms with Crippen molar-refractivity contribution in [3.8, 4) is 11.5 Å². The van der Waals surface area contributed by atoms with Gasteiger partial charge in [-0.1, -0.05) is 48.5 Å². The zero-order valence-corrected chi connectivity index (χ0v) is 17.8. The Bertz CT molecular complexity index is 1180. The van der Waals surface area contributed by atoms with Crippen LogP contribution in [0.25, 0.3) is 21.5 Å². The lowest BCUT2D eigenvalue weighted by Gasteiger charge is -2.36. The minimum absolute atomic E-state index is 0.294. The Labute approximate surface area is 177 Å². The number of hydrogen-bond acceptors (Lipinski definition) is 3. The molecule has 152 valence electrons. The van der Waals surface area contributed by atoms with Gasteiger partial charge in [-0.15, -0.1) is 0 Å². The molecule has 0 saturated heterocycles. The van der Waals surface area contributed by atoms with Crippen molar-refractivity contribution in [3.05, 3.63) is 83.4 Å². The molecule has 0 radical (unpaired) electrons. The van der Waals surface area contributed by atoms with Gasteiger partial charge in [0, 0.05) is 12.6 Å². The van der Waals surface area contributed by atoms with E-state index in [9.17, 15) is 0 Å². The predicted octanol–water partition coefficient (Wildman–Crippen LogP) is 5.78. The van der Waals surface area contributed by atoms with Crippen molar-refractivity contribution in [2.24, 2.45) is 0 Å². The number of likely N-dealkylation sites (N-methyl/N-ethyl adjacent to an activating group) is 1. The molecule has 0 aromatic heterocycles. The van der Waals surface area contributed by atoms with Gasteiger partial charge in [-0.05, 0) is 76.3 Å². The summed E-state index contributed by atoms with van der Waals surface area (Å²) in [5.41, 5.74) is 4.13. The molecule has 0 aliphatic carbocycles. The Balaban J connectivity index is 1.69. The molecule has 4 aromatic carbocycles. The molecule has 1 heterocycles. The van der Waals surface area contributed by atoms with Crippen LogP contribution in [0.5, 0.6) is 11.5 Å². The number of methoxy groups -OCH3 is 2. The lowest BCUT2D eigenvalue weighted by Crippen LogP contribution is -2.33. The molecule has 3 heteroatoms. The Hall–Kier alpha value is -3.04. The molecule has 0 saturated carbocycles. The molecule has 0 N–H and O–H groups in total. The van der Waals surface area contributed by atoms with E-state index in [0.29, 0.717) is 6.04 Å². The van der Waals surface area contributed by atoms with Gasteiger partial charge in [0.15, 0.2) is 11.5 Å². The normalized spacial score (nSPS) is 16.6. The van der Waals surface area contributed by atoms with E-state index in [1.165, 1.54) is 38.2 Å². The summed E-state index contributed by atoms with van der Waals surface area (Å²) >= 11 is 0. The summed E-state index contributed by atoms with van der Waals surface area (Å²) in [5.74, 6) is 1.62. The first kappa shape index (κ1) is 19.0. The fourth-order valence-corrected chi connectivity index (χ4v) is 4.94. The maximum absolute atomic E-state index is 5.63. The van der Waals surface area contributed by atoms with E-state index in [2.05, 4.69) is 78.7 Å². The second-order valence-electron chi connectivity index (χ2n) is 8.15. The van der Waals surface area contributed by atoms with Crippen molar-refractivity contribution in [1.29, 1.82) is 0 Å². The van der Waals surface area contributed by atoms with Crippen LogP contribution >= 0.6 is 0 Å². The van der Waals surface area contributed by atoms with Crippen molar-refractivity contribution in [3.63, 3.8) is 0 Å². The Morgan fingerprint density at radius 2 is 1.43 bits per heavy atom. The van der Waals surface area contributed by atoms with Crippen molar-refractivity contribution < 1.29 is 9.47 Å². The molecule has 3 nitrogen and oxygen atoms in total. The molecule has 0 fully saturated rings. The van der Waals surface area contributed by atoms with Crippen LogP contribution in [0.4, 0.5) is 0 Å². The number of ether oxygens (including phenoxy) is 2. The van der Waals surface area contributed by atoms with Gasteiger partial charge in [-0.3, -0.25) is 4.90 Å². The lowest BCUT2D eigenvalue weighted by molar-refractivity contribution is 0.228. The van der Waals surface area contributed by atoms with Gasteiger partial charge in [0.2, 0.25) is 0 Å². The van der Waals surface area contributed by atoms with Gasteiger partial charge in [0.1, 0.15) is 0 Å². The van der Waals surface area contributed by atoms with Gasteiger partial charge in [-0.2, -0.15) is 0 Å². The topological polar surface area (TPSA) is 21.7 Å². The lowest BCUT2D eigenvalue weighted by atomic mass is 9.85. The highest BCUT2D eigenvalue weighted by atomic mass is 16.5. The van der Waals surface area contributed by atoms with Crippen molar-refractivity contribution in [2.75, 3.05) is 27.8 Å². The quantitative estimate of drug-likeness (QED) is 0.407. The molecule has 0 amide bonds. The highest BCUT2D eigenvalue weighted by molar-refractivity contribution is 6.02. The zero-order chi connectivity index (χ0) is 20.7. The standard InChI is InChI=1S/C27H27NO2/c1-28-13-12-20-15-26(29-2)27(30-3)17-23(20)25(28)16-24-21-10-6-4-8-18(21)14-19-9-5-7-11-22(19)24/h4-11,14-15,17,25H,12-13,16H2,1-3H3. The van der Waals surface area contributed by atoms with E-state index < -0.39 is 0 Å². The van der Waals surface area contributed by atoms with Crippen LogP contribution < -0.4 is 9.47 Å². The molecule has 0 bridgehead atoms. The maximum atomic E-state index is 5.63. The smallest absolute Gasteiger partial charge is 0.161 e. The number of nitrogens with zero attached hydrogens (tertiary/aromatic N) is 1. The summed E-state index contributed by atoms with van der Waals surface area (Å²) in [7, 11) is 5.65. The SMILES string of the molecule is COc1cc2c(cc1OC)C(Cc1c3ccccc3cc3ccccc13)N(C)CC2. The van der Waals surface area contributed by atoms with Crippen LogP contribution in [-0.2, 0) is 12.8 Å². The minimum Gasteiger partial charge on any atom is -0.493 e. The van der Waals surface area contributed by atoms with E-state index >= 15 is 0 Å². The van der Waals surface area contributed by atoms with Crippen LogP contribution in [0.2, 0.25) is 0 Å². The van der Waals surface area contributed by atoms with E-state index in [1.807, 2.05) is 0 Å². The third-order valence-corrected chi connectivity index (χ3v) is 6.55. The first-order valence-corrected chi connectivity index (χ1v) is 10.5. The average Bonchev–Trinajstić information content (AvgIpc) is 2.79. The third-order valence-electron chi connectivity index (χ3n) is 6.55. The van der Waals surface area contributed by atoms with Crippen LogP contribution in [0.3, 0.4) is 0 Å². The second-order valence-corrected chi connectivity index (χ2v) is 8.15. The number of fused-ring (bicyclic) bond motifs is 3. The highest BCUT2D eigenvalue weighted by Gasteiger charge is 2.28. The first-order valence-electron chi connectivity index (χ1n) is 10.5. The number of benzene rings is 4. The average molecular weight is 398 g/mol. The molecule has 1 unspecified atom stereocenters. The Kier molecular flexibility index (Phi) is 4.84. The Morgan fingerprint density at radius 3 is 2.07 bits per heavy atom. The summed E-state index contributed by atoms with van der Waals surface area (Å²) < 4.78 is 11.2. The second kappa shape index (κ2) is 7.66. The van der Waals surface area contributed by atoms with E-state index in [0.717, 1.165) is 30.9 Å². The van der Waals surface area contributed by atoms with Crippen molar-refractivity contribution in [2.45, 2.75) is 18.9 Å². The number of hydrogen-bond donors (Lipinski definition) is 0.